The number of esters is 3. The average Bonchev–Trinajstić information content (AvgIpc) is 3.30. The van der Waals surface area contributed by atoms with Crippen LogP contribution in [0.1, 0.15) is 239 Å². The third kappa shape index (κ3) is 51.2. The SMILES string of the molecule is CC/C=C\C/C=C\C/C=C\C/C=C\CCCCCCC(=O)OC[C@H](COC(=O)CCCCCCC/C=C\CCCCCC)OC(=O)CCCCCC/C=C\C/C=C\C/C=C\CCCCC. The van der Waals surface area contributed by atoms with Crippen molar-refractivity contribution in [3.05, 3.63) is 97.2 Å². The second-order valence-corrected chi connectivity index (χ2v) is 17.4. The molecule has 0 saturated heterocycles. The molecule has 0 saturated carbocycles. The van der Waals surface area contributed by atoms with E-state index in [0.717, 1.165) is 135 Å². The maximum absolute atomic E-state index is 12.8. The van der Waals surface area contributed by atoms with Crippen LogP contribution in [0.15, 0.2) is 97.2 Å². The van der Waals surface area contributed by atoms with Crippen LogP contribution < -0.4 is 0 Å². The minimum Gasteiger partial charge on any atom is -0.462 e. The molecule has 0 heterocycles. The van der Waals surface area contributed by atoms with Gasteiger partial charge in [-0.05, 0) is 122 Å². The Morgan fingerprint density at radius 1 is 0.323 bits per heavy atom. The molecule has 0 bridgehead atoms. The minimum atomic E-state index is -0.804. The zero-order valence-electron chi connectivity index (χ0n) is 42.2. The Bertz CT molecular complexity index is 1310. The molecule has 0 amide bonds. The highest BCUT2D eigenvalue weighted by molar-refractivity contribution is 5.71. The molecule has 0 N–H and O–H groups in total. The van der Waals surface area contributed by atoms with E-state index in [9.17, 15) is 14.4 Å². The largest absolute Gasteiger partial charge is 0.462 e. The lowest BCUT2D eigenvalue weighted by Crippen LogP contribution is -2.30. The first-order valence-corrected chi connectivity index (χ1v) is 26.7. The van der Waals surface area contributed by atoms with E-state index in [0.29, 0.717) is 19.3 Å². The van der Waals surface area contributed by atoms with Crippen LogP contribution >= 0.6 is 0 Å². The Labute approximate surface area is 400 Å². The summed E-state index contributed by atoms with van der Waals surface area (Å²) in [4.78, 5) is 38.0. The molecule has 0 rings (SSSR count). The quantitative estimate of drug-likeness (QED) is 0.0262. The van der Waals surface area contributed by atoms with Crippen LogP contribution in [-0.4, -0.2) is 37.2 Å². The van der Waals surface area contributed by atoms with Crippen molar-refractivity contribution in [2.24, 2.45) is 0 Å². The van der Waals surface area contributed by atoms with Gasteiger partial charge in [0, 0.05) is 19.3 Å². The molecule has 0 aliphatic carbocycles. The fourth-order valence-electron chi connectivity index (χ4n) is 7.02. The highest BCUT2D eigenvalue weighted by Crippen LogP contribution is 2.13. The van der Waals surface area contributed by atoms with E-state index >= 15 is 0 Å². The predicted molar refractivity (Wildman–Crippen MR) is 279 cm³/mol. The molecular weight excluding hydrogens is 805 g/mol. The number of carbonyl (C=O) groups excluding carboxylic acids is 3. The van der Waals surface area contributed by atoms with E-state index in [-0.39, 0.29) is 31.1 Å². The van der Waals surface area contributed by atoms with Gasteiger partial charge in [0.15, 0.2) is 6.10 Å². The molecule has 0 radical (unpaired) electrons. The summed E-state index contributed by atoms with van der Waals surface area (Å²) < 4.78 is 16.8. The van der Waals surface area contributed by atoms with E-state index in [1.165, 1.54) is 64.2 Å². The van der Waals surface area contributed by atoms with Crippen LogP contribution in [0.5, 0.6) is 0 Å². The summed E-state index contributed by atoms with van der Waals surface area (Å²) in [7, 11) is 0. The third-order valence-electron chi connectivity index (χ3n) is 11.0. The van der Waals surface area contributed by atoms with E-state index in [1.807, 2.05) is 0 Å². The van der Waals surface area contributed by atoms with Crippen molar-refractivity contribution < 1.29 is 28.6 Å². The zero-order chi connectivity index (χ0) is 47.2. The molecule has 0 aromatic rings. The van der Waals surface area contributed by atoms with E-state index < -0.39 is 6.10 Å². The monoisotopic (exact) mass is 903 g/mol. The molecule has 1 atom stereocenters. The van der Waals surface area contributed by atoms with Gasteiger partial charge in [0.25, 0.3) is 0 Å². The van der Waals surface area contributed by atoms with Crippen molar-refractivity contribution in [2.75, 3.05) is 13.2 Å². The Balaban J connectivity index is 4.49. The first kappa shape index (κ1) is 61.3. The molecule has 0 aromatic carbocycles. The van der Waals surface area contributed by atoms with E-state index in [2.05, 4.69) is 118 Å². The van der Waals surface area contributed by atoms with Crippen LogP contribution in [0.3, 0.4) is 0 Å². The fourth-order valence-corrected chi connectivity index (χ4v) is 7.02. The number of ether oxygens (including phenoxy) is 3. The Kier molecular flexibility index (Phi) is 50.0. The number of allylic oxidation sites excluding steroid dienone is 16. The Hall–Kier alpha value is -3.67. The minimum absolute atomic E-state index is 0.1000. The van der Waals surface area contributed by atoms with Crippen LogP contribution in [-0.2, 0) is 28.6 Å². The standard InChI is InChI=1S/C59H98O6/c1-4-7-10-13-16-19-22-25-27-29-31-34-37-40-43-46-49-52-58(61)64-55-56(54-63-57(60)51-48-45-42-39-36-33-24-21-18-15-12-9-6-3)65-59(62)53-50-47-44-41-38-35-32-30-28-26-23-20-17-14-11-8-5-2/h7,10,16-17,19-21,24-28,31-32,34-35,56H,4-6,8-9,11-15,18,22-23,29-30,33,36-55H2,1-3H3/b10-7-,19-16-,20-17-,24-21-,27-25-,28-26-,34-31-,35-32-/t56-/m0/s1. The van der Waals surface area contributed by atoms with E-state index in [1.54, 1.807) is 0 Å². The van der Waals surface area contributed by atoms with Gasteiger partial charge in [-0.15, -0.1) is 0 Å². The molecule has 65 heavy (non-hydrogen) atoms. The first-order valence-electron chi connectivity index (χ1n) is 26.7. The molecule has 0 aromatic heterocycles. The molecule has 0 unspecified atom stereocenters. The van der Waals surface area contributed by atoms with Crippen molar-refractivity contribution in [1.82, 2.24) is 0 Å². The van der Waals surface area contributed by atoms with Crippen molar-refractivity contribution in [3.8, 4) is 0 Å². The highest BCUT2D eigenvalue weighted by Gasteiger charge is 2.19. The summed E-state index contributed by atoms with van der Waals surface area (Å²) in [5, 5.41) is 0. The van der Waals surface area contributed by atoms with Gasteiger partial charge >= 0.3 is 17.9 Å². The lowest BCUT2D eigenvalue weighted by Gasteiger charge is -2.18. The van der Waals surface area contributed by atoms with Crippen molar-refractivity contribution in [3.63, 3.8) is 0 Å². The van der Waals surface area contributed by atoms with Gasteiger partial charge in [0.1, 0.15) is 13.2 Å². The summed E-state index contributed by atoms with van der Waals surface area (Å²) >= 11 is 0. The average molecular weight is 903 g/mol. The van der Waals surface area contributed by atoms with Gasteiger partial charge < -0.3 is 14.2 Å². The van der Waals surface area contributed by atoms with Crippen LogP contribution in [0.25, 0.3) is 0 Å². The topological polar surface area (TPSA) is 78.9 Å². The summed E-state index contributed by atoms with van der Waals surface area (Å²) in [6.45, 7) is 6.43. The molecular formula is C59H98O6. The van der Waals surface area contributed by atoms with Gasteiger partial charge in [-0.2, -0.15) is 0 Å². The summed E-state index contributed by atoms with van der Waals surface area (Å²) in [6.07, 6.45) is 69.5. The van der Waals surface area contributed by atoms with Crippen LogP contribution in [0.4, 0.5) is 0 Å². The lowest BCUT2D eigenvalue weighted by molar-refractivity contribution is -0.167. The third-order valence-corrected chi connectivity index (χ3v) is 11.0. The molecule has 0 spiro atoms. The predicted octanol–water partition coefficient (Wildman–Crippen LogP) is 17.8. The molecule has 0 aliphatic heterocycles. The van der Waals surface area contributed by atoms with Crippen LogP contribution in [0, 0.1) is 0 Å². The lowest BCUT2D eigenvalue weighted by atomic mass is 10.1. The summed E-state index contributed by atoms with van der Waals surface area (Å²) in [5.41, 5.74) is 0. The van der Waals surface area contributed by atoms with Gasteiger partial charge in [0.2, 0.25) is 0 Å². The fraction of sp³-hybridized carbons (Fsp3) is 0.678. The number of hydrogen-bond acceptors (Lipinski definition) is 6. The Morgan fingerprint density at radius 2 is 0.600 bits per heavy atom. The second kappa shape index (κ2) is 52.9. The molecule has 0 aliphatic rings. The maximum Gasteiger partial charge on any atom is 0.306 e. The number of carbonyl (C=O) groups is 3. The normalized spacial score (nSPS) is 12.8. The van der Waals surface area contributed by atoms with Crippen molar-refractivity contribution in [2.45, 2.75) is 245 Å². The molecule has 0 fully saturated rings. The number of rotatable bonds is 47. The zero-order valence-corrected chi connectivity index (χ0v) is 42.2. The summed E-state index contributed by atoms with van der Waals surface area (Å²) in [6, 6.07) is 0. The van der Waals surface area contributed by atoms with Gasteiger partial charge in [0.05, 0.1) is 0 Å². The highest BCUT2D eigenvalue weighted by atomic mass is 16.6. The smallest absolute Gasteiger partial charge is 0.306 e. The molecule has 6 heteroatoms. The van der Waals surface area contributed by atoms with Gasteiger partial charge in [-0.25, -0.2) is 0 Å². The Morgan fingerprint density at radius 3 is 0.985 bits per heavy atom. The number of unbranched alkanes of at least 4 members (excludes halogenated alkanes) is 20. The first-order chi connectivity index (χ1) is 32.0. The molecule has 6 nitrogen and oxygen atoms in total. The molecule has 370 valence electrons. The number of hydrogen-bond donors (Lipinski definition) is 0. The summed E-state index contributed by atoms with van der Waals surface area (Å²) in [5.74, 6) is -0.956. The second-order valence-electron chi connectivity index (χ2n) is 17.4. The van der Waals surface area contributed by atoms with Crippen molar-refractivity contribution >= 4 is 17.9 Å². The van der Waals surface area contributed by atoms with Crippen LogP contribution in [0.2, 0.25) is 0 Å². The van der Waals surface area contributed by atoms with Crippen molar-refractivity contribution in [1.29, 1.82) is 0 Å². The van der Waals surface area contributed by atoms with Gasteiger partial charge in [-0.3, -0.25) is 14.4 Å². The maximum atomic E-state index is 12.8. The van der Waals surface area contributed by atoms with E-state index in [4.69, 9.17) is 14.2 Å². The van der Waals surface area contributed by atoms with Gasteiger partial charge in [-0.1, -0.05) is 195 Å².